The van der Waals surface area contributed by atoms with Crippen LogP contribution in [0.3, 0.4) is 0 Å². The SMILES string of the molecule is COc1ccc(C(=O)Nc2cccc(-c3ccn[nH]3)c2)cc1[N+](=O)[O-]. The summed E-state index contributed by atoms with van der Waals surface area (Å²) in [5, 5.41) is 20.5. The summed E-state index contributed by atoms with van der Waals surface area (Å²) in [6.07, 6.45) is 1.64. The van der Waals surface area contributed by atoms with Crippen molar-refractivity contribution in [2.24, 2.45) is 0 Å². The molecule has 0 aliphatic heterocycles. The summed E-state index contributed by atoms with van der Waals surface area (Å²) in [5.74, 6) is -0.352. The highest BCUT2D eigenvalue weighted by Gasteiger charge is 2.18. The minimum absolute atomic E-state index is 0.0998. The fraction of sp³-hybridized carbons (Fsp3) is 0.0588. The average Bonchev–Trinajstić information content (AvgIpc) is 3.16. The molecule has 0 saturated carbocycles. The van der Waals surface area contributed by atoms with Gasteiger partial charge in [0.1, 0.15) is 0 Å². The Kier molecular flexibility index (Phi) is 4.42. The maximum Gasteiger partial charge on any atom is 0.311 e. The van der Waals surface area contributed by atoms with Crippen LogP contribution < -0.4 is 10.1 Å². The van der Waals surface area contributed by atoms with E-state index in [1.54, 1.807) is 24.4 Å². The number of methoxy groups -OCH3 is 1. The fourth-order valence-electron chi connectivity index (χ4n) is 2.36. The number of benzene rings is 2. The van der Waals surface area contributed by atoms with Crippen LogP contribution in [0.2, 0.25) is 0 Å². The number of nitrogens with one attached hydrogen (secondary N) is 2. The lowest BCUT2D eigenvalue weighted by Gasteiger charge is -2.08. The summed E-state index contributed by atoms with van der Waals surface area (Å²) in [7, 11) is 1.34. The van der Waals surface area contributed by atoms with E-state index in [-0.39, 0.29) is 17.0 Å². The molecule has 126 valence electrons. The van der Waals surface area contributed by atoms with Crippen molar-refractivity contribution in [3.63, 3.8) is 0 Å². The first-order chi connectivity index (χ1) is 12.1. The number of anilines is 1. The molecule has 0 aliphatic rings. The molecule has 3 rings (SSSR count). The van der Waals surface area contributed by atoms with Crippen LogP contribution in [0.4, 0.5) is 11.4 Å². The van der Waals surface area contributed by atoms with Gasteiger partial charge in [0.2, 0.25) is 0 Å². The second kappa shape index (κ2) is 6.83. The normalized spacial score (nSPS) is 10.3. The number of hydrogen-bond acceptors (Lipinski definition) is 5. The van der Waals surface area contributed by atoms with Gasteiger partial charge in [-0.25, -0.2) is 0 Å². The first-order valence-corrected chi connectivity index (χ1v) is 7.32. The molecular weight excluding hydrogens is 324 g/mol. The molecule has 0 atom stereocenters. The van der Waals surface area contributed by atoms with Crippen LogP contribution in [-0.4, -0.2) is 28.1 Å². The highest BCUT2D eigenvalue weighted by atomic mass is 16.6. The summed E-state index contributed by atoms with van der Waals surface area (Å²) in [5.41, 5.74) is 2.14. The van der Waals surface area contributed by atoms with Gasteiger partial charge < -0.3 is 10.1 Å². The number of rotatable bonds is 5. The lowest BCUT2D eigenvalue weighted by atomic mass is 10.1. The van der Waals surface area contributed by atoms with Crippen LogP contribution in [0.1, 0.15) is 10.4 Å². The Morgan fingerprint density at radius 2 is 2.08 bits per heavy atom. The molecular formula is C17H14N4O4. The monoisotopic (exact) mass is 338 g/mol. The van der Waals surface area contributed by atoms with E-state index in [0.717, 1.165) is 11.3 Å². The molecule has 3 aromatic rings. The molecule has 0 radical (unpaired) electrons. The van der Waals surface area contributed by atoms with Gasteiger partial charge in [-0.05, 0) is 30.3 Å². The van der Waals surface area contributed by atoms with Gasteiger partial charge in [-0.2, -0.15) is 5.10 Å². The molecule has 1 heterocycles. The number of ether oxygens (including phenoxy) is 1. The van der Waals surface area contributed by atoms with Crippen LogP contribution in [0, 0.1) is 10.1 Å². The van der Waals surface area contributed by atoms with E-state index in [2.05, 4.69) is 15.5 Å². The number of nitro benzene ring substituents is 1. The predicted octanol–water partition coefficient (Wildman–Crippen LogP) is 3.25. The van der Waals surface area contributed by atoms with Crippen LogP contribution in [0.15, 0.2) is 54.7 Å². The van der Waals surface area contributed by atoms with Crippen molar-refractivity contribution < 1.29 is 14.5 Å². The summed E-state index contributed by atoms with van der Waals surface area (Å²) in [6.45, 7) is 0. The Morgan fingerprint density at radius 1 is 1.24 bits per heavy atom. The van der Waals surface area contributed by atoms with Gasteiger partial charge in [0.25, 0.3) is 5.91 Å². The van der Waals surface area contributed by atoms with E-state index in [1.807, 2.05) is 12.1 Å². The van der Waals surface area contributed by atoms with Gasteiger partial charge in [0.05, 0.1) is 17.7 Å². The molecule has 2 N–H and O–H groups in total. The maximum atomic E-state index is 12.4. The number of aromatic amines is 1. The van der Waals surface area contributed by atoms with E-state index in [0.29, 0.717) is 5.69 Å². The second-order valence-electron chi connectivity index (χ2n) is 5.15. The largest absolute Gasteiger partial charge is 0.490 e. The Labute approximate surface area is 142 Å². The molecule has 1 amide bonds. The van der Waals surface area contributed by atoms with E-state index in [1.165, 1.54) is 25.3 Å². The van der Waals surface area contributed by atoms with Crippen LogP contribution in [0.5, 0.6) is 5.75 Å². The second-order valence-corrected chi connectivity index (χ2v) is 5.15. The van der Waals surface area contributed by atoms with E-state index < -0.39 is 10.8 Å². The zero-order valence-corrected chi connectivity index (χ0v) is 13.2. The molecule has 0 aliphatic carbocycles. The predicted molar refractivity (Wildman–Crippen MR) is 91.6 cm³/mol. The standard InChI is InChI=1S/C17H14N4O4/c1-25-16-6-5-12(10-15(16)21(23)24)17(22)19-13-4-2-3-11(9-13)14-7-8-18-20-14/h2-10H,1H3,(H,18,20)(H,19,22). The molecule has 25 heavy (non-hydrogen) atoms. The van der Waals surface area contributed by atoms with Crippen LogP contribution >= 0.6 is 0 Å². The van der Waals surface area contributed by atoms with Gasteiger partial charge in [0.15, 0.2) is 5.75 Å². The van der Waals surface area contributed by atoms with Gasteiger partial charge in [-0.3, -0.25) is 20.0 Å². The molecule has 0 unspecified atom stereocenters. The first-order valence-electron chi connectivity index (χ1n) is 7.32. The molecule has 8 heteroatoms. The minimum atomic E-state index is -0.589. The van der Waals surface area contributed by atoms with Crippen molar-refractivity contribution in [2.75, 3.05) is 12.4 Å². The Balaban J connectivity index is 1.84. The highest BCUT2D eigenvalue weighted by molar-refractivity contribution is 6.05. The highest BCUT2D eigenvalue weighted by Crippen LogP contribution is 2.28. The van der Waals surface area contributed by atoms with Crippen molar-refractivity contribution >= 4 is 17.3 Å². The molecule has 0 fully saturated rings. The van der Waals surface area contributed by atoms with E-state index in [4.69, 9.17) is 4.74 Å². The van der Waals surface area contributed by atoms with Crippen LogP contribution in [-0.2, 0) is 0 Å². The number of nitro groups is 1. The van der Waals surface area contributed by atoms with Crippen LogP contribution in [0.25, 0.3) is 11.3 Å². The van der Waals surface area contributed by atoms with E-state index in [9.17, 15) is 14.9 Å². The number of carbonyl (C=O) groups is 1. The number of carbonyl (C=O) groups excluding carboxylic acids is 1. The number of aromatic nitrogens is 2. The smallest absolute Gasteiger partial charge is 0.311 e. The summed E-state index contributed by atoms with van der Waals surface area (Å²) < 4.78 is 4.93. The van der Waals surface area contributed by atoms with Crippen molar-refractivity contribution in [3.05, 3.63) is 70.4 Å². The fourth-order valence-corrected chi connectivity index (χ4v) is 2.36. The molecule has 8 nitrogen and oxygen atoms in total. The topological polar surface area (TPSA) is 110 Å². The first kappa shape index (κ1) is 16.2. The number of H-pyrrole nitrogens is 1. The number of amides is 1. The van der Waals surface area contributed by atoms with Gasteiger partial charge in [-0.15, -0.1) is 0 Å². The third kappa shape index (κ3) is 3.47. The summed E-state index contributed by atoms with van der Waals surface area (Å²) in [4.78, 5) is 22.9. The van der Waals surface area contributed by atoms with E-state index >= 15 is 0 Å². The number of nitrogens with zero attached hydrogens (tertiary/aromatic N) is 2. The van der Waals surface area contributed by atoms with Gasteiger partial charge in [-0.1, -0.05) is 12.1 Å². The Hall–Kier alpha value is -3.68. The molecule has 2 aromatic carbocycles. The molecule has 0 saturated heterocycles. The van der Waals surface area contributed by atoms with Gasteiger partial charge >= 0.3 is 5.69 Å². The van der Waals surface area contributed by atoms with Crippen molar-refractivity contribution in [2.45, 2.75) is 0 Å². The lowest BCUT2D eigenvalue weighted by molar-refractivity contribution is -0.385. The zero-order chi connectivity index (χ0) is 17.8. The molecule has 1 aromatic heterocycles. The molecule has 0 spiro atoms. The maximum absolute atomic E-state index is 12.4. The minimum Gasteiger partial charge on any atom is -0.490 e. The van der Waals surface area contributed by atoms with Gasteiger partial charge in [0, 0.05) is 29.1 Å². The van der Waals surface area contributed by atoms with Crippen molar-refractivity contribution in [3.8, 4) is 17.0 Å². The number of hydrogen-bond donors (Lipinski definition) is 2. The molecule has 0 bridgehead atoms. The quantitative estimate of drug-likeness (QED) is 0.548. The average molecular weight is 338 g/mol. The summed E-state index contributed by atoms with van der Waals surface area (Å²) >= 11 is 0. The Morgan fingerprint density at radius 3 is 2.76 bits per heavy atom. The summed E-state index contributed by atoms with van der Waals surface area (Å²) in [6, 6.07) is 13.1. The third-order valence-corrected chi connectivity index (χ3v) is 3.57. The zero-order valence-electron chi connectivity index (χ0n) is 13.2. The van der Waals surface area contributed by atoms with Crippen molar-refractivity contribution in [1.82, 2.24) is 10.2 Å². The lowest BCUT2D eigenvalue weighted by Crippen LogP contribution is -2.12. The van der Waals surface area contributed by atoms with Crippen molar-refractivity contribution in [1.29, 1.82) is 0 Å². The Bertz CT molecular complexity index is 922. The third-order valence-electron chi connectivity index (χ3n) is 3.57.